The maximum Gasteiger partial charge on any atom is 0.288 e. The Morgan fingerprint density at radius 2 is 1.96 bits per heavy atom. The first-order chi connectivity index (χ1) is 12.3. The van der Waals surface area contributed by atoms with Crippen LogP contribution < -0.4 is 10.2 Å². The van der Waals surface area contributed by atoms with Gasteiger partial charge in [-0.15, -0.1) is 0 Å². The van der Waals surface area contributed by atoms with Crippen molar-refractivity contribution in [3.05, 3.63) is 67.1 Å². The molecule has 1 N–H and O–H groups in total. The standard InChI is InChI=1S/C16H12Cl3N3O4/c1-9(26-15-5-3-11(17)7-13(15)19)16(23)21-20-8-10-2-4-12(18)14(6-10)22(24)25/h2-9H,1H3,(H,21,23)/b20-8+. The highest BCUT2D eigenvalue weighted by molar-refractivity contribution is 6.35. The van der Waals surface area contributed by atoms with E-state index in [2.05, 4.69) is 10.5 Å². The highest BCUT2D eigenvalue weighted by atomic mass is 35.5. The van der Waals surface area contributed by atoms with Gasteiger partial charge in [0.05, 0.1) is 16.2 Å². The summed E-state index contributed by atoms with van der Waals surface area (Å²) in [5.74, 6) is -0.230. The number of rotatable bonds is 6. The van der Waals surface area contributed by atoms with Gasteiger partial charge in [-0.1, -0.05) is 40.9 Å². The average molecular weight is 417 g/mol. The Balaban J connectivity index is 1.98. The normalized spacial score (nSPS) is 12.0. The molecule has 1 unspecified atom stereocenters. The quantitative estimate of drug-likeness (QED) is 0.427. The van der Waals surface area contributed by atoms with Crippen LogP contribution in [-0.2, 0) is 4.79 Å². The van der Waals surface area contributed by atoms with Crippen molar-refractivity contribution in [2.24, 2.45) is 5.10 Å². The van der Waals surface area contributed by atoms with E-state index in [1.165, 1.54) is 37.4 Å². The van der Waals surface area contributed by atoms with Crippen LogP contribution in [0.3, 0.4) is 0 Å². The minimum Gasteiger partial charge on any atom is -0.479 e. The molecular weight excluding hydrogens is 405 g/mol. The van der Waals surface area contributed by atoms with Crippen molar-refractivity contribution in [3.8, 4) is 5.75 Å². The predicted molar refractivity (Wildman–Crippen MR) is 100 cm³/mol. The van der Waals surface area contributed by atoms with Crippen LogP contribution in [0.1, 0.15) is 12.5 Å². The molecule has 7 nitrogen and oxygen atoms in total. The molecule has 26 heavy (non-hydrogen) atoms. The van der Waals surface area contributed by atoms with Crippen molar-refractivity contribution < 1.29 is 14.5 Å². The fourth-order valence-corrected chi connectivity index (χ4v) is 2.47. The van der Waals surface area contributed by atoms with Crippen LogP contribution in [0, 0.1) is 10.1 Å². The zero-order valence-electron chi connectivity index (χ0n) is 13.3. The maximum atomic E-state index is 12.0. The van der Waals surface area contributed by atoms with Gasteiger partial charge in [0.1, 0.15) is 10.8 Å². The molecule has 10 heteroatoms. The zero-order valence-corrected chi connectivity index (χ0v) is 15.5. The number of amides is 1. The number of nitro benzene ring substituents is 1. The van der Waals surface area contributed by atoms with Gasteiger partial charge in [-0.2, -0.15) is 5.10 Å². The van der Waals surface area contributed by atoms with Gasteiger partial charge in [-0.3, -0.25) is 14.9 Å². The van der Waals surface area contributed by atoms with Crippen LogP contribution >= 0.6 is 34.8 Å². The maximum absolute atomic E-state index is 12.0. The number of hydrogen-bond acceptors (Lipinski definition) is 5. The summed E-state index contributed by atoms with van der Waals surface area (Å²) in [4.78, 5) is 22.2. The lowest BCUT2D eigenvalue weighted by Gasteiger charge is -2.14. The van der Waals surface area contributed by atoms with Gasteiger partial charge in [-0.05, 0) is 31.2 Å². The van der Waals surface area contributed by atoms with E-state index in [1.807, 2.05) is 0 Å². The van der Waals surface area contributed by atoms with E-state index in [4.69, 9.17) is 39.5 Å². The molecule has 136 valence electrons. The summed E-state index contributed by atoms with van der Waals surface area (Å²) < 4.78 is 5.45. The molecule has 1 atom stereocenters. The number of nitrogens with zero attached hydrogens (tertiary/aromatic N) is 2. The molecule has 2 rings (SSSR count). The third-order valence-electron chi connectivity index (χ3n) is 3.12. The third kappa shape index (κ3) is 5.32. The number of carbonyl (C=O) groups excluding carboxylic acids is 1. The van der Waals surface area contributed by atoms with Crippen molar-refractivity contribution >= 4 is 52.6 Å². The average Bonchev–Trinajstić information content (AvgIpc) is 2.58. The monoisotopic (exact) mass is 415 g/mol. The minimum atomic E-state index is -0.884. The van der Waals surface area contributed by atoms with Gasteiger partial charge >= 0.3 is 0 Å². The van der Waals surface area contributed by atoms with Crippen molar-refractivity contribution in [3.63, 3.8) is 0 Å². The Kier molecular flexibility index (Phi) is 6.79. The second-order valence-electron chi connectivity index (χ2n) is 5.04. The summed E-state index contributed by atoms with van der Waals surface area (Å²) in [5, 5.41) is 15.3. The molecule has 0 spiro atoms. The largest absolute Gasteiger partial charge is 0.479 e. The number of halogens is 3. The molecule has 0 aliphatic heterocycles. The number of nitrogens with one attached hydrogen (secondary N) is 1. The van der Waals surface area contributed by atoms with Crippen LogP contribution in [0.15, 0.2) is 41.5 Å². The van der Waals surface area contributed by atoms with E-state index < -0.39 is 16.9 Å². The highest BCUT2D eigenvalue weighted by Crippen LogP contribution is 2.28. The van der Waals surface area contributed by atoms with E-state index in [0.717, 1.165) is 0 Å². The van der Waals surface area contributed by atoms with Crippen molar-refractivity contribution in [2.45, 2.75) is 13.0 Å². The van der Waals surface area contributed by atoms with Crippen molar-refractivity contribution in [1.82, 2.24) is 5.43 Å². The summed E-state index contributed by atoms with van der Waals surface area (Å²) in [6, 6.07) is 8.76. The molecule has 2 aromatic carbocycles. The summed E-state index contributed by atoms with van der Waals surface area (Å²) in [6.07, 6.45) is 0.369. The molecule has 0 heterocycles. The molecule has 1 amide bonds. The smallest absolute Gasteiger partial charge is 0.288 e. The van der Waals surface area contributed by atoms with E-state index in [-0.39, 0.29) is 15.7 Å². The Hall–Kier alpha value is -2.35. The molecule has 2 aromatic rings. The van der Waals surface area contributed by atoms with Crippen LogP contribution in [0.25, 0.3) is 0 Å². The van der Waals surface area contributed by atoms with Crippen LogP contribution in [0.4, 0.5) is 5.69 Å². The molecule has 0 saturated heterocycles. The number of hydrazone groups is 1. The summed E-state index contributed by atoms with van der Waals surface area (Å²) in [7, 11) is 0. The molecular formula is C16H12Cl3N3O4. The molecule has 0 bridgehead atoms. The lowest BCUT2D eigenvalue weighted by atomic mass is 10.2. The lowest BCUT2D eigenvalue weighted by molar-refractivity contribution is -0.384. The van der Waals surface area contributed by atoms with E-state index in [0.29, 0.717) is 16.3 Å². The van der Waals surface area contributed by atoms with Gasteiger partial charge in [0.25, 0.3) is 11.6 Å². The first kappa shape index (κ1) is 20.0. The first-order valence-corrected chi connectivity index (χ1v) is 8.30. The zero-order chi connectivity index (χ0) is 19.3. The van der Waals surface area contributed by atoms with Gasteiger partial charge in [0, 0.05) is 16.7 Å². The fraction of sp³-hybridized carbons (Fsp3) is 0.125. The number of ether oxygens (including phenoxy) is 1. The number of carbonyl (C=O) groups is 1. The summed E-state index contributed by atoms with van der Waals surface area (Å²) in [6.45, 7) is 1.52. The molecule has 0 aromatic heterocycles. The van der Waals surface area contributed by atoms with Crippen molar-refractivity contribution in [1.29, 1.82) is 0 Å². The van der Waals surface area contributed by atoms with Crippen LogP contribution in [0.2, 0.25) is 15.1 Å². The van der Waals surface area contributed by atoms with Gasteiger partial charge < -0.3 is 4.74 Å². The van der Waals surface area contributed by atoms with Gasteiger partial charge in [0.2, 0.25) is 0 Å². The third-order valence-corrected chi connectivity index (χ3v) is 3.97. The second kappa shape index (κ2) is 8.84. The summed E-state index contributed by atoms with van der Waals surface area (Å²) >= 11 is 17.5. The molecule has 0 radical (unpaired) electrons. The summed E-state index contributed by atoms with van der Waals surface area (Å²) in [5.41, 5.74) is 2.42. The number of benzene rings is 2. The van der Waals surface area contributed by atoms with Crippen LogP contribution in [-0.4, -0.2) is 23.1 Å². The molecule has 0 aliphatic rings. The Morgan fingerprint density at radius 3 is 2.62 bits per heavy atom. The predicted octanol–water partition coefficient (Wildman–Crippen LogP) is 4.47. The highest BCUT2D eigenvalue weighted by Gasteiger charge is 2.16. The molecule has 0 saturated carbocycles. The SMILES string of the molecule is CC(Oc1ccc(Cl)cc1Cl)C(=O)N/N=C/c1ccc(Cl)c([N+](=O)[O-])c1. The number of hydrogen-bond donors (Lipinski definition) is 1. The second-order valence-corrected chi connectivity index (χ2v) is 6.29. The Morgan fingerprint density at radius 1 is 1.23 bits per heavy atom. The molecule has 0 fully saturated rings. The van der Waals surface area contributed by atoms with E-state index in [9.17, 15) is 14.9 Å². The first-order valence-electron chi connectivity index (χ1n) is 7.16. The Bertz CT molecular complexity index is 874. The van der Waals surface area contributed by atoms with Crippen molar-refractivity contribution in [2.75, 3.05) is 0 Å². The fourth-order valence-electron chi connectivity index (χ4n) is 1.83. The van der Waals surface area contributed by atoms with Gasteiger partial charge in [-0.25, -0.2) is 5.43 Å². The Labute approximate surface area is 163 Å². The van der Waals surface area contributed by atoms with Gasteiger partial charge in [0.15, 0.2) is 6.10 Å². The topological polar surface area (TPSA) is 93.8 Å². The number of nitro groups is 1. The lowest BCUT2D eigenvalue weighted by Crippen LogP contribution is -2.33. The van der Waals surface area contributed by atoms with E-state index in [1.54, 1.807) is 12.1 Å². The van der Waals surface area contributed by atoms with Crippen LogP contribution in [0.5, 0.6) is 5.75 Å². The van der Waals surface area contributed by atoms with E-state index >= 15 is 0 Å². The molecule has 0 aliphatic carbocycles. The minimum absolute atomic E-state index is 0.0121.